The first-order valence-corrected chi connectivity index (χ1v) is 12.2. The zero-order valence-electron chi connectivity index (χ0n) is 18.8. The fourth-order valence-corrected chi connectivity index (χ4v) is 5.04. The third kappa shape index (κ3) is 5.12. The number of rotatable bonds is 8. The fraction of sp³-hybridized carbons (Fsp3) is 0.360. The number of benzene rings is 2. The van der Waals surface area contributed by atoms with Crippen molar-refractivity contribution in [2.75, 3.05) is 55.8 Å². The van der Waals surface area contributed by atoms with Crippen LogP contribution in [0.1, 0.15) is 28.1 Å². The second kappa shape index (κ2) is 9.41. The van der Waals surface area contributed by atoms with E-state index in [0.717, 1.165) is 37.8 Å². The number of aromatic nitrogens is 1. The fourth-order valence-electron chi connectivity index (χ4n) is 4.18. The van der Waals surface area contributed by atoms with E-state index in [1.807, 2.05) is 12.1 Å². The summed E-state index contributed by atoms with van der Waals surface area (Å²) in [6, 6.07) is 15.4. The van der Waals surface area contributed by atoms with E-state index in [2.05, 4.69) is 32.2 Å². The van der Waals surface area contributed by atoms with Crippen molar-refractivity contribution in [3.8, 4) is 5.75 Å². The molecule has 0 bridgehead atoms. The van der Waals surface area contributed by atoms with Crippen LogP contribution in [0.2, 0.25) is 0 Å². The predicted octanol–water partition coefficient (Wildman–Crippen LogP) is 4.24. The molecule has 0 unspecified atom stereocenters. The van der Waals surface area contributed by atoms with E-state index in [4.69, 9.17) is 10.5 Å². The monoisotopic (exact) mass is 463 g/mol. The molecule has 1 aliphatic carbocycles. The highest BCUT2D eigenvalue weighted by atomic mass is 32.1. The predicted molar refractivity (Wildman–Crippen MR) is 134 cm³/mol. The number of hydrogen-bond acceptors (Lipinski definition) is 8. The number of nitrogens with two attached hydrogens (primary N) is 1. The van der Waals surface area contributed by atoms with Crippen LogP contribution in [0, 0.1) is 5.92 Å². The summed E-state index contributed by atoms with van der Waals surface area (Å²) in [6.45, 7) is 5.68. The van der Waals surface area contributed by atoms with Gasteiger partial charge in [0.15, 0.2) is 5.13 Å². The summed E-state index contributed by atoms with van der Waals surface area (Å²) in [5.74, 6) is 1.66. The normalized spacial score (nSPS) is 16.6. The third-order valence-corrected chi connectivity index (χ3v) is 7.25. The first-order chi connectivity index (χ1) is 16.1. The molecule has 0 amide bonds. The van der Waals surface area contributed by atoms with E-state index in [1.54, 1.807) is 31.4 Å². The van der Waals surface area contributed by atoms with Gasteiger partial charge in [0.1, 0.15) is 16.4 Å². The van der Waals surface area contributed by atoms with Gasteiger partial charge in [-0.25, -0.2) is 4.98 Å². The summed E-state index contributed by atoms with van der Waals surface area (Å²) >= 11 is 1.26. The molecule has 1 saturated heterocycles. The highest BCUT2D eigenvalue weighted by molar-refractivity contribution is 7.18. The number of methoxy groups -OCH3 is 1. The minimum Gasteiger partial charge on any atom is -0.497 e. The van der Waals surface area contributed by atoms with Crippen molar-refractivity contribution in [3.63, 3.8) is 0 Å². The van der Waals surface area contributed by atoms with Gasteiger partial charge in [-0.15, -0.1) is 0 Å². The molecule has 7 nitrogen and oxygen atoms in total. The highest BCUT2D eigenvalue weighted by Crippen LogP contribution is 2.32. The van der Waals surface area contributed by atoms with Crippen molar-refractivity contribution >= 4 is 39.4 Å². The van der Waals surface area contributed by atoms with Crippen molar-refractivity contribution < 1.29 is 9.53 Å². The molecule has 3 N–H and O–H groups in total. The van der Waals surface area contributed by atoms with Gasteiger partial charge in [0.05, 0.1) is 7.11 Å². The van der Waals surface area contributed by atoms with Gasteiger partial charge >= 0.3 is 0 Å². The van der Waals surface area contributed by atoms with Crippen LogP contribution in [-0.2, 0) is 0 Å². The lowest BCUT2D eigenvalue weighted by molar-refractivity contribution is 0.104. The van der Waals surface area contributed by atoms with E-state index in [0.29, 0.717) is 21.3 Å². The van der Waals surface area contributed by atoms with Gasteiger partial charge in [-0.05, 0) is 55.2 Å². The Morgan fingerprint density at radius 2 is 1.91 bits per heavy atom. The number of anilines is 4. The Morgan fingerprint density at radius 1 is 1.15 bits per heavy atom. The van der Waals surface area contributed by atoms with Crippen molar-refractivity contribution in [1.29, 1.82) is 0 Å². The minimum absolute atomic E-state index is 0.159. The van der Waals surface area contributed by atoms with Crippen LogP contribution in [0.4, 0.5) is 22.3 Å². The van der Waals surface area contributed by atoms with Crippen LogP contribution in [-0.4, -0.2) is 55.5 Å². The quantitative estimate of drug-likeness (QED) is 0.484. The molecular weight excluding hydrogens is 434 g/mol. The average Bonchev–Trinajstić information content (AvgIpc) is 3.59. The molecule has 0 spiro atoms. The molecule has 0 atom stereocenters. The molecule has 1 saturated carbocycles. The van der Waals surface area contributed by atoms with E-state index < -0.39 is 0 Å². The first kappa shape index (κ1) is 21.7. The van der Waals surface area contributed by atoms with Crippen LogP contribution >= 0.6 is 11.3 Å². The van der Waals surface area contributed by atoms with Crippen LogP contribution < -0.4 is 20.7 Å². The van der Waals surface area contributed by atoms with Crippen molar-refractivity contribution in [1.82, 2.24) is 9.88 Å². The van der Waals surface area contributed by atoms with Crippen molar-refractivity contribution in [3.05, 3.63) is 59.0 Å². The molecule has 0 radical (unpaired) electrons. The number of carbonyl (C=O) groups is 1. The lowest BCUT2D eigenvalue weighted by Crippen LogP contribution is -2.47. The number of thiazole rings is 1. The van der Waals surface area contributed by atoms with Gasteiger partial charge in [0.2, 0.25) is 5.78 Å². The van der Waals surface area contributed by atoms with Gasteiger partial charge in [-0.1, -0.05) is 23.5 Å². The number of hydrogen-bond donors (Lipinski definition) is 2. The Labute approximate surface area is 198 Å². The maximum atomic E-state index is 12.9. The molecule has 5 rings (SSSR count). The summed E-state index contributed by atoms with van der Waals surface area (Å²) in [5, 5.41) is 3.88. The molecule has 3 aromatic rings. The Bertz CT molecular complexity index is 1120. The zero-order valence-corrected chi connectivity index (χ0v) is 19.6. The molecule has 2 aliphatic rings. The maximum Gasteiger partial charge on any atom is 0.206 e. The average molecular weight is 464 g/mol. The zero-order chi connectivity index (χ0) is 22.8. The van der Waals surface area contributed by atoms with E-state index >= 15 is 0 Å². The summed E-state index contributed by atoms with van der Waals surface area (Å²) in [5.41, 5.74) is 8.75. The standard InChI is InChI=1S/C25H29N5O2S/c1-32-21-4-2-3-18(15-21)22(31)23-24(26)28-25(33-23)27-19-7-9-20(10-8-19)30-13-11-29(12-14-30)16-17-5-6-17/h2-4,7-10,15,17H,5-6,11-14,16,26H2,1H3,(H,27,28). The Hall–Kier alpha value is -3.10. The molecule has 2 aromatic carbocycles. The Kier molecular flexibility index (Phi) is 6.20. The number of ether oxygens (including phenoxy) is 1. The van der Waals surface area contributed by atoms with Crippen LogP contribution in [0.15, 0.2) is 48.5 Å². The molecule has 8 heteroatoms. The summed E-state index contributed by atoms with van der Waals surface area (Å²) in [7, 11) is 1.58. The summed E-state index contributed by atoms with van der Waals surface area (Å²) < 4.78 is 5.22. The molecule has 172 valence electrons. The number of nitrogen functional groups attached to an aromatic ring is 1. The van der Waals surface area contributed by atoms with Gasteiger partial charge in [0, 0.05) is 49.7 Å². The largest absolute Gasteiger partial charge is 0.497 e. The van der Waals surface area contributed by atoms with Crippen LogP contribution in [0.25, 0.3) is 0 Å². The van der Waals surface area contributed by atoms with Gasteiger partial charge < -0.3 is 20.7 Å². The van der Waals surface area contributed by atoms with Crippen LogP contribution in [0.5, 0.6) is 5.75 Å². The number of carbonyl (C=O) groups excluding carboxylic acids is 1. The summed E-state index contributed by atoms with van der Waals surface area (Å²) in [4.78, 5) is 22.7. The van der Waals surface area contributed by atoms with E-state index in [-0.39, 0.29) is 11.6 Å². The SMILES string of the molecule is COc1cccc(C(=O)c2sc(Nc3ccc(N4CCN(CC5CC5)CC4)cc3)nc2N)c1. The number of nitrogens with zero attached hydrogens (tertiary/aromatic N) is 3. The second-order valence-electron chi connectivity index (χ2n) is 8.70. The molecule has 33 heavy (non-hydrogen) atoms. The Morgan fingerprint density at radius 3 is 2.61 bits per heavy atom. The Balaban J connectivity index is 1.21. The van der Waals surface area contributed by atoms with Crippen LogP contribution in [0.3, 0.4) is 0 Å². The highest BCUT2D eigenvalue weighted by Gasteiger charge is 2.26. The minimum atomic E-state index is -0.159. The lowest BCUT2D eigenvalue weighted by Gasteiger charge is -2.36. The lowest BCUT2D eigenvalue weighted by atomic mass is 10.1. The van der Waals surface area contributed by atoms with Gasteiger partial charge in [-0.2, -0.15) is 0 Å². The number of ketones is 1. The molecular formula is C25H29N5O2S. The topological polar surface area (TPSA) is 83.7 Å². The van der Waals surface area contributed by atoms with Gasteiger partial charge in [0.25, 0.3) is 0 Å². The van der Waals surface area contributed by atoms with Crippen molar-refractivity contribution in [2.45, 2.75) is 12.8 Å². The van der Waals surface area contributed by atoms with E-state index in [1.165, 1.54) is 36.4 Å². The molecule has 1 aromatic heterocycles. The second-order valence-corrected chi connectivity index (χ2v) is 9.70. The smallest absolute Gasteiger partial charge is 0.206 e. The first-order valence-electron chi connectivity index (χ1n) is 11.4. The third-order valence-electron chi connectivity index (χ3n) is 6.26. The maximum absolute atomic E-state index is 12.9. The summed E-state index contributed by atoms with van der Waals surface area (Å²) in [6.07, 6.45) is 2.83. The van der Waals surface area contributed by atoms with E-state index in [9.17, 15) is 4.79 Å². The van der Waals surface area contributed by atoms with Crippen molar-refractivity contribution in [2.24, 2.45) is 5.92 Å². The number of nitrogens with one attached hydrogen (secondary N) is 1. The van der Waals surface area contributed by atoms with Gasteiger partial charge in [-0.3, -0.25) is 9.69 Å². The molecule has 1 aliphatic heterocycles. The molecule has 2 fully saturated rings. The number of piperazine rings is 1. The molecule has 2 heterocycles.